The maximum absolute atomic E-state index is 6.73. The molecule has 26 heavy (non-hydrogen) atoms. The molecule has 122 valence electrons. The van der Waals surface area contributed by atoms with Gasteiger partial charge >= 0.3 is 0 Å². The minimum atomic E-state index is -0.559. The molecule has 0 atom stereocenters. The molecule has 2 aliphatic rings. The third-order valence-corrected chi connectivity index (χ3v) is 5.49. The molecule has 0 amide bonds. The zero-order valence-corrected chi connectivity index (χ0v) is 14.0. The van der Waals surface area contributed by atoms with Crippen molar-refractivity contribution in [3.05, 3.63) is 102 Å². The quantitative estimate of drug-likeness (QED) is 0.420. The molecule has 1 aliphatic carbocycles. The second-order valence-electron chi connectivity index (χ2n) is 6.81. The molecule has 2 nitrogen and oxygen atoms in total. The van der Waals surface area contributed by atoms with E-state index in [0.29, 0.717) is 0 Å². The van der Waals surface area contributed by atoms with Gasteiger partial charge in [-0.15, -0.1) is 0 Å². The first-order valence-corrected chi connectivity index (χ1v) is 8.82. The number of fused-ring (bicyclic) bond motifs is 8. The minimum Gasteiger partial charge on any atom is -0.473 e. The SMILES string of the molecule is C1=CC2(Oc3ccc4ncccc4c31)c1ccccc1-c1ccccc12. The zero-order valence-electron chi connectivity index (χ0n) is 14.0. The lowest BCUT2D eigenvalue weighted by atomic mass is 9.87. The lowest BCUT2D eigenvalue weighted by molar-refractivity contribution is 0.166. The van der Waals surface area contributed by atoms with Gasteiger partial charge in [0.2, 0.25) is 0 Å². The van der Waals surface area contributed by atoms with Crippen molar-refractivity contribution in [2.24, 2.45) is 0 Å². The van der Waals surface area contributed by atoms with Gasteiger partial charge in [-0.1, -0.05) is 54.6 Å². The van der Waals surface area contributed by atoms with Gasteiger partial charge in [0, 0.05) is 28.3 Å². The topological polar surface area (TPSA) is 22.1 Å². The summed E-state index contributed by atoms with van der Waals surface area (Å²) in [4.78, 5) is 4.46. The molecule has 2 heterocycles. The standard InChI is InChI=1S/C24H15NO/c1-3-9-20-16(6-1)17-7-2-4-10-21(17)24(20)14-13-19-18-8-5-15-25-22(18)11-12-23(19)26-24/h1-15H. The van der Waals surface area contributed by atoms with E-state index in [4.69, 9.17) is 4.74 Å². The number of ether oxygens (including phenoxy) is 1. The molecule has 1 spiro atoms. The predicted molar refractivity (Wildman–Crippen MR) is 104 cm³/mol. The Morgan fingerprint density at radius 2 is 1.46 bits per heavy atom. The van der Waals surface area contributed by atoms with E-state index in [2.05, 4.69) is 71.7 Å². The summed E-state index contributed by atoms with van der Waals surface area (Å²) in [7, 11) is 0. The van der Waals surface area contributed by atoms with Crippen LogP contribution in [0.4, 0.5) is 0 Å². The third-order valence-electron chi connectivity index (χ3n) is 5.49. The van der Waals surface area contributed by atoms with Crippen molar-refractivity contribution in [1.82, 2.24) is 4.98 Å². The van der Waals surface area contributed by atoms with E-state index >= 15 is 0 Å². The van der Waals surface area contributed by atoms with Crippen LogP contribution in [0.5, 0.6) is 5.75 Å². The molecule has 3 aromatic carbocycles. The van der Waals surface area contributed by atoms with Crippen molar-refractivity contribution in [3.8, 4) is 16.9 Å². The Morgan fingerprint density at radius 3 is 2.23 bits per heavy atom. The zero-order chi connectivity index (χ0) is 17.1. The number of pyridine rings is 1. The van der Waals surface area contributed by atoms with Crippen molar-refractivity contribution >= 4 is 17.0 Å². The Kier molecular flexibility index (Phi) is 2.57. The third kappa shape index (κ3) is 1.64. The first-order chi connectivity index (χ1) is 12.9. The van der Waals surface area contributed by atoms with Crippen LogP contribution >= 0.6 is 0 Å². The number of nitrogens with zero attached hydrogens (tertiary/aromatic N) is 1. The van der Waals surface area contributed by atoms with Crippen LogP contribution in [-0.4, -0.2) is 4.98 Å². The molecular weight excluding hydrogens is 318 g/mol. The molecule has 0 bridgehead atoms. The Hall–Kier alpha value is -3.39. The lowest BCUT2D eigenvalue weighted by Crippen LogP contribution is -2.32. The van der Waals surface area contributed by atoms with Gasteiger partial charge in [-0.25, -0.2) is 0 Å². The minimum absolute atomic E-state index is 0.559. The Labute approximate surface area is 151 Å². The molecule has 2 heteroatoms. The van der Waals surface area contributed by atoms with Gasteiger partial charge < -0.3 is 4.74 Å². The van der Waals surface area contributed by atoms with Gasteiger partial charge in [-0.05, 0) is 41.5 Å². The average Bonchev–Trinajstić information content (AvgIpc) is 2.98. The van der Waals surface area contributed by atoms with E-state index in [1.165, 1.54) is 22.3 Å². The van der Waals surface area contributed by atoms with E-state index in [9.17, 15) is 0 Å². The molecule has 0 fully saturated rings. The summed E-state index contributed by atoms with van der Waals surface area (Å²) in [5, 5.41) is 1.12. The van der Waals surface area contributed by atoms with Crippen LogP contribution < -0.4 is 4.74 Å². The monoisotopic (exact) mass is 333 g/mol. The summed E-state index contributed by atoms with van der Waals surface area (Å²) >= 11 is 0. The fraction of sp³-hybridized carbons (Fsp3) is 0.0417. The Balaban J connectivity index is 1.64. The van der Waals surface area contributed by atoms with E-state index in [1.54, 1.807) is 0 Å². The highest BCUT2D eigenvalue weighted by Crippen LogP contribution is 2.53. The number of hydrogen-bond acceptors (Lipinski definition) is 2. The van der Waals surface area contributed by atoms with Crippen LogP contribution in [0.3, 0.4) is 0 Å². The van der Waals surface area contributed by atoms with E-state index in [-0.39, 0.29) is 0 Å². The highest BCUT2D eigenvalue weighted by Gasteiger charge is 2.45. The fourth-order valence-corrected chi connectivity index (χ4v) is 4.34. The smallest absolute Gasteiger partial charge is 0.179 e. The molecule has 0 saturated heterocycles. The van der Waals surface area contributed by atoms with Crippen molar-refractivity contribution in [1.29, 1.82) is 0 Å². The highest BCUT2D eigenvalue weighted by molar-refractivity contribution is 5.93. The number of aromatic nitrogens is 1. The summed E-state index contributed by atoms with van der Waals surface area (Å²) in [6.07, 6.45) is 6.22. The largest absolute Gasteiger partial charge is 0.473 e. The van der Waals surface area contributed by atoms with Crippen LogP contribution in [0.1, 0.15) is 16.7 Å². The molecule has 0 N–H and O–H groups in total. The number of rotatable bonds is 0. The second-order valence-corrected chi connectivity index (χ2v) is 6.81. The normalized spacial score (nSPS) is 15.4. The summed E-state index contributed by atoms with van der Waals surface area (Å²) < 4.78 is 6.73. The van der Waals surface area contributed by atoms with Crippen LogP contribution in [0.25, 0.3) is 28.1 Å². The van der Waals surface area contributed by atoms with Crippen molar-refractivity contribution in [3.63, 3.8) is 0 Å². The van der Waals surface area contributed by atoms with Gasteiger partial charge in [0.1, 0.15) is 5.75 Å². The maximum Gasteiger partial charge on any atom is 0.179 e. The molecule has 4 aromatic rings. The fourth-order valence-electron chi connectivity index (χ4n) is 4.34. The molecule has 0 saturated carbocycles. The summed E-state index contributed by atoms with van der Waals surface area (Å²) in [5.41, 5.74) is 6.43. The molecular formula is C24H15NO. The average molecular weight is 333 g/mol. The van der Waals surface area contributed by atoms with Crippen LogP contribution in [0.15, 0.2) is 85.1 Å². The number of benzene rings is 3. The van der Waals surface area contributed by atoms with Crippen molar-refractivity contribution in [2.75, 3.05) is 0 Å². The highest BCUT2D eigenvalue weighted by atomic mass is 16.5. The van der Waals surface area contributed by atoms with Gasteiger partial charge in [0.25, 0.3) is 0 Å². The van der Waals surface area contributed by atoms with Gasteiger partial charge in [0.05, 0.1) is 5.52 Å². The Morgan fingerprint density at radius 1 is 0.731 bits per heavy atom. The molecule has 6 rings (SSSR count). The van der Waals surface area contributed by atoms with Gasteiger partial charge in [0.15, 0.2) is 5.60 Å². The van der Waals surface area contributed by atoms with E-state index in [1.807, 2.05) is 24.4 Å². The predicted octanol–water partition coefficient (Wildman–Crippen LogP) is 5.56. The first-order valence-electron chi connectivity index (χ1n) is 8.82. The Bertz CT molecular complexity index is 1180. The van der Waals surface area contributed by atoms with Crippen LogP contribution in [0.2, 0.25) is 0 Å². The van der Waals surface area contributed by atoms with E-state index in [0.717, 1.165) is 22.2 Å². The van der Waals surface area contributed by atoms with E-state index < -0.39 is 5.60 Å². The summed E-state index contributed by atoms with van der Waals surface area (Å²) in [6.45, 7) is 0. The lowest BCUT2D eigenvalue weighted by Gasteiger charge is -2.33. The van der Waals surface area contributed by atoms with Crippen molar-refractivity contribution < 1.29 is 4.74 Å². The summed E-state index contributed by atoms with van der Waals surface area (Å²) in [5.74, 6) is 0.902. The maximum atomic E-state index is 6.73. The molecule has 1 aliphatic heterocycles. The molecule has 1 aromatic heterocycles. The first kappa shape index (κ1) is 13.9. The van der Waals surface area contributed by atoms with Gasteiger partial charge in [-0.3, -0.25) is 4.98 Å². The summed E-state index contributed by atoms with van der Waals surface area (Å²) in [6, 6.07) is 25.2. The van der Waals surface area contributed by atoms with Crippen LogP contribution in [0, 0.1) is 0 Å². The molecule has 0 unspecified atom stereocenters. The number of hydrogen-bond donors (Lipinski definition) is 0. The molecule has 0 radical (unpaired) electrons. The van der Waals surface area contributed by atoms with Crippen LogP contribution in [-0.2, 0) is 5.60 Å². The van der Waals surface area contributed by atoms with Crippen molar-refractivity contribution in [2.45, 2.75) is 5.60 Å². The second kappa shape index (κ2) is 4.83. The van der Waals surface area contributed by atoms with Gasteiger partial charge in [-0.2, -0.15) is 0 Å².